The van der Waals surface area contributed by atoms with Crippen molar-refractivity contribution >= 4 is 0 Å². The molecule has 0 amide bonds. The summed E-state index contributed by atoms with van der Waals surface area (Å²) in [6, 6.07) is 0. The van der Waals surface area contributed by atoms with E-state index in [0.717, 1.165) is 19.3 Å². The zero-order valence-corrected chi connectivity index (χ0v) is 15.8. The van der Waals surface area contributed by atoms with Crippen molar-refractivity contribution in [1.29, 1.82) is 0 Å². The molecule has 148 valence electrons. The minimum absolute atomic E-state index is 0.0635. The molecule has 0 aliphatic carbocycles. The zero-order chi connectivity index (χ0) is 18.3. The first-order valence-corrected chi connectivity index (χ1v) is 10.0. The molecular formula is C20H38O5. The largest absolute Gasteiger partial charge is 0.388 e. The molecule has 3 N–H and O–H groups in total. The van der Waals surface area contributed by atoms with Crippen LogP contribution in [0.15, 0.2) is 12.2 Å². The number of rotatable bonds is 15. The summed E-state index contributed by atoms with van der Waals surface area (Å²) in [5, 5.41) is 28.9. The third kappa shape index (κ3) is 10.3. The quantitative estimate of drug-likeness (QED) is 0.310. The molecule has 1 rings (SSSR count). The van der Waals surface area contributed by atoms with E-state index in [1.165, 1.54) is 44.9 Å². The molecule has 1 fully saturated rings. The van der Waals surface area contributed by atoms with Gasteiger partial charge < -0.3 is 24.8 Å². The Morgan fingerprint density at radius 1 is 1.00 bits per heavy atom. The van der Waals surface area contributed by atoms with Crippen molar-refractivity contribution in [3.05, 3.63) is 12.2 Å². The number of allylic oxidation sites excluding steroid dienone is 2. The summed E-state index contributed by atoms with van der Waals surface area (Å²) in [5.74, 6) is 0. The molecule has 25 heavy (non-hydrogen) atoms. The topological polar surface area (TPSA) is 79.2 Å². The summed E-state index contributed by atoms with van der Waals surface area (Å²) in [6.07, 6.45) is 13.3. The first-order chi connectivity index (χ1) is 12.2. The first-order valence-electron chi connectivity index (χ1n) is 10.0. The van der Waals surface area contributed by atoms with Gasteiger partial charge in [0.05, 0.1) is 13.2 Å². The Kier molecular flexibility index (Phi) is 13.3. The zero-order valence-electron chi connectivity index (χ0n) is 15.8. The normalized spacial score (nSPS) is 25.0. The summed E-state index contributed by atoms with van der Waals surface area (Å²) >= 11 is 0. The fraction of sp³-hybridized carbons (Fsp3) is 0.900. The van der Waals surface area contributed by atoms with Gasteiger partial charge in [-0.2, -0.15) is 0 Å². The van der Waals surface area contributed by atoms with E-state index in [1.54, 1.807) is 0 Å². The molecule has 0 unspecified atom stereocenters. The maximum Gasteiger partial charge on any atom is 0.114 e. The molecule has 0 aromatic rings. The van der Waals surface area contributed by atoms with Gasteiger partial charge in [-0.15, -0.1) is 0 Å². The predicted octanol–water partition coefficient (Wildman–Crippen LogP) is 2.96. The van der Waals surface area contributed by atoms with Crippen LogP contribution in [0.1, 0.15) is 71.1 Å². The van der Waals surface area contributed by atoms with Crippen molar-refractivity contribution in [2.75, 3.05) is 19.8 Å². The van der Waals surface area contributed by atoms with E-state index in [4.69, 9.17) is 9.47 Å². The van der Waals surface area contributed by atoms with Crippen LogP contribution >= 0.6 is 0 Å². The van der Waals surface area contributed by atoms with Crippen molar-refractivity contribution < 1.29 is 24.8 Å². The number of hydrogen-bond acceptors (Lipinski definition) is 5. The minimum Gasteiger partial charge on any atom is -0.388 e. The maximum atomic E-state index is 9.90. The highest BCUT2D eigenvalue weighted by Gasteiger charge is 2.39. The lowest BCUT2D eigenvalue weighted by Crippen LogP contribution is -2.40. The van der Waals surface area contributed by atoms with Crippen LogP contribution in [0.25, 0.3) is 0 Å². The van der Waals surface area contributed by atoms with E-state index in [1.807, 2.05) is 0 Å². The van der Waals surface area contributed by atoms with E-state index in [9.17, 15) is 15.3 Å². The van der Waals surface area contributed by atoms with Crippen LogP contribution in [-0.4, -0.2) is 59.6 Å². The second-order valence-electron chi connectivity index (χ2n) is 7.02. The SMILES string of the molecule is CCCCCCCC/C=C/CCCCOC[C@@H](O)[C@H]1OC[C@H](O)[C@H]1O. The number of unbranched alkanes of at least 4 members (excludes halogenated alkanes) is 8. The predicted molar refractivity (Wildman–Crippen MR) is 99.6 cm³/mol. The molecule has 1 heterocycles. The van der Waals surface area contributed by atoms with Gasteiger partial charge in [0.1, 0.15) is 24.4 Å². The molecule has 0 spiro atoms. The summed E-state index contributed by atoms with van der Waals surface area (Å²) in [4.78, 5) is 0. The van der Waals surface area contributed by atoms with Crippen LogP contribution in [-0.2, 0) is 9.47 Å². The van der Waals surface area contributed by atoms with E-state index < -0.39 is 24.4 Å². The Bertz CT molecular complexity index is 334. The average Bonchev–Trinajstić information content (AvgIpc) is 2.94. The number of ether oxygens (including phenoxy) is 2. The molecule has 5 heteroatoms. The fourth-order valence-corrected chi connectivity index (χ4v) is 3.01. The van der Waals surface area contributed by atoms with Crippen LogP contribution in [0.5, 0.6) is 0 Å². The van der Waals surface area contributed by atoms with Crippen molar-refractivity contribution in [1.82, 2.24) is 0 Å². The summed E-state index contributed by atoms with van der Waals surface area (Å²) in [6.45, 7) is 3.03. The minimum atomic E-state index is -1.03. The molecule has 0 aromatic heterocycles. The Labute approximate surface area is 153 Å². The van der Waals surface area contributed by atoms with E-state index in [2.05, 4.69) is 19.1 Å². The molecule has 0 aromatic carbocycles. The van der Waals surface area contributed by atoms with Gasteiger partial charge in [-0.1, -0.05) is 51.2 Å². The van der Waals surface area contributed by atoms with Gasteiger partial charge in [-0.3, -0.25) is 0 Å². The second kappa shape index (κ2) is 14.7. The molecule has 0 bridgehead atoms. The highest BCUT2D eigenvalue weighted by atomic mass is 16.5. The monoisotopic (exact) mass is 358 g/mol. The fourth-order valence-electron chi connectivity index (χ4n) is 3.01. The molecule has 0 saturated carbocycles. The van der Waals surface area contributed by atoms with Crippen LogP contribution < -0.4 is 0 Å². The lowest BCUT2D eigenvalue weighted by atomic mass is 10.1. The van der Waals surface area contributed by atoms with Crippen LogP contribution in [0, 0.1) is 0 Å². The van der Waals surface area contributed by atoms with Gasteiger partial charge in [0.15, 0.2) is 0 Å². The van der Waals surface area contributed by atoms with Gasteiger partial charge in [-0.05, 0) is 32.1 Å². The third-order valence-electron chi connectivity index (χ3n) is 4.66. The van der Waals surface area contributed by atoms with Gasteiger partial charge in [0.25, 0.3) is 0 Å². The standard InChI is InChI=1S/C20H38O5/c1-2-3-4-5-6-7-8-9-10-11-12-13-14-24-15-18(22)20-19(23)17(21)16-25-20/h9-10,17-23H,2-8,11-16H2,1H3/b10-9+/t17-,18+,19+,20+/m0/s1. The maximum absolute atomic E-state index is 9.90. The summed E-state index contributed by atoms with van der Waals surface area (Å²) in [5.41, 5.74) is 0. The van der Waals surface area contributed by atoms with Crippen molar-refractivity contribution in [2.24, 2.45) is 0 Å². The molecule has 4 atom stereocenters. The van der Waals surface area contributed by atoms with E-state index >= 15 is 0 Å². The van der Waals surface area contributed by atoms with Gasteiger partial charge in [0.2, 0.25) is 0 Å². The number of aliphatic hydroxyl groups is 3. The molecule has 1 aliphatic rings. The Morgan fingerprint density at radius 3 is 2.28 bits per heavy atom. The highest BCUT2D eigenvalue weighted by molar-refractivity contribution is 4.87. The molecular weight excluding hydrogens is 320 g/mol. The highest BCUT2D eigenvalue weighted by Crippen LogP contribution is 2.17. The van der Waals surface area contributed by atoms with Gasteiger partial charge in [0, 0.05) is 6.61 Å². The summed E-state index contributed by atoms with van der Waals surface area (Å²) < 4.78 is 10.6. The molecule has 1 saturated heterocycles. The van der Waals surface area contributed by atoms with Gasteiger partial charge >= 0.3 is 0 Å². The van der Waals surface area contributed by atoms with Crippen LogP contribution in [0.2, 0.25) is 0 Å². The Hall–Kier alpha value is -0.460. The van der Waals surface area contributed by atoms with Crippen LogP contribution in [0.4, 0.5) is 0 Å². The van der Waals surface area contributed by atoms with E-state index in [-0.39, 0.29) is 13.2 Å². The smallest absolute Gasteiger partial charge is 0.114 e. The lowest BCUT2D eigenvalue weighted by Gasteiger charge is -2.20. The van der Waals surface area contributed by atoms with Crippen LogP contribution in [0.3, 0.4) is 0 Å². The summed E-state index contributed by atoms with van der Waals surface area (Å²) in [7, 11) is 0. The Balaban J connectivity index is 1.86. The van der Waals surface area contributed by atoms with Crippen molar-refractivity contribution in [3.63, 3.8) is 0 Å². The Morgan fingerprint density at radius 2 is 1.64 bits per heavy atom. The molecule has 1 aliphatic heterocycles. The number of hydrogen-bond donors (Lipinski definition) is 3. The first kappa shape index (κ1) is 22.6. The van der Waals surface area contributed by atoms with Crippen molar-refractivity contribution in [3.8, 4) is 0 Å². The molecule has 0 radical (unpaired) electrons. The average molecular weight is 359 g/mol. The number of aliphatic hydroxyl groups excluding tert-OH is 3. The molecule has 5 nitrogen and oxygen atoms in total. The van der Waals surface area contributed by atoms with Crippen molar-refractivity contribution in [2.45, 2.75) is 95.5 Å². The third-order valence-corrected chi connectivity index (χ3v) is 4.66. The van der Waals surface area contributed by atoms with Gasteiger partial charge in [-0.25, -0.2) is 0 Å². The lowest BCUT2D eigenvalue weighted by molar-refractivity contribution is -0.0813. The van der Waals surface area contributed by atoms with E-state index in [0.29, 0.717) is 6.61 Å². The second-order valence-corrected chi connectivity index (χ2v) is 7.02.